The molecule has 0 saturated carbocycles. The zero-order valence-corrected chi connectivity index (χ0v) is 6.13. The van der Waals surface area contributed by atoms with E-state index in [0.717, 1.165) is 0 Å². The van der Waals surface area contributed by atoms with Crippen molar-refractivity contribution in [1.29, 1.82) is 5.26 Å². The Morgan fingerprint density at radius 2 is 2.15 bits per heavy atom. The molecule has 1 N–H and O–H groups in total. The third-order valence-electron chi connectivity index (χ3n) is 1.31. The van der Waals surface area contributed by atoms with Crippen LogP contribution in [0, 0.1) is 17.3 Å². The van der Waals surface area contributed by atoms with Gasteiger partial charge in [0.05, 0.1) is 0 Å². The number of aromatic nitrogens is 1. The number of nitrogens with zero attached hydrogens (tertiary/aromatic N) is 2. The van der Waals surface area contributed by atoms with E-state index in [1.54, 1.807) is 0 Å². The molecule has 0 radical (unpaired) electrons. The van der Waals surface area contributed by atoms with Crippen LogP contribution < -0.4 is 0 Å². The molecule has 0 spiro atoms. The van der Waals surface area contributed by atoms with Gasteiger partial charge in [0.1, 0.15) is 17.3 Å². The lowest BCUT2D eigenvalue weighted by atomic mass is 10.2. The van der Waals surface area contributed by atoms with Gasteiger partial charge in [0, 0.05) is 0 Å². The van der Waals surface area contributed by atoms with Gasteiger partial charge >= 0.3 is 0 Å². The lowest BCUT2D eigenvalue weighted by Crippen LogP contribution is -1.96. The highest BCUT2D eigenvalue weighted by atomic mass is 19.3. The molecule has 1 heterocycles. The van der Waals surface area contributed by atoms with Crippen LogP contribution in [0.25, 0.3) is 0 Å². The number of nitriles is 1. The minimum Gasteiger partial charge on any atom is -0.503 e. The van der Waals surface area contributed by atoms with E-state index >= 15 is 0 Å². The van der Waals surface area contributed by atoms with Crippen molar-refractivity contribution in [1.82, 2.24) is 4.98 Å². The largest absolute Gasteiger partial charge is 0.503 e. The predicted molar refractivity (Wildman–Crippen MR) is 35.5 cm³/mol. The van der Waals surface area contributed by atoms with Crippen molar-refractivity contribution in [2.75, 3.05) is 0 Å². The van der Waals surface area contributed by atoms with Gasteiger partial charge in [-0.2, -0.15) is 9.65 Å². The molecule has 0 saturated heterocycles. The molecule has 6 heteroatoms. The van der Waals surface area contributed by atoms with Crippen molar-refractivity contribution in [3.63, 3.8) is 0 Å². The maximum atomic E-state index is 12.5. The van der Waals surface area contributed by atoms with E-state index in [9.17, 15) is 13.2 Å². The molecule has 0 aromatic carbocycles. The van der Waals surface area contributed by atoms with Gasteiger partial charge in [-0.3, -0.25) is 0 Å². The summed E-state index contributed by atoms with van der Waals surface area (Å²) in [5.41, 5.74) is -1.42. The van der Waals surface area contributed by atoms with Crippen molar-refractivity contribution in [3.05, 3.63) is 23.3 Å². The van der Waals surface area contributed by atoms with Crippen LogP contribution >= 0.6 is 0 Å². The molecular formula is C7H3F3N2O. The monoisotopic (exact) mass is 188 g/mol. The van der Waals surface area contributed by atoms with Crippen LogP contribution in [0.4, 0.5) is 13.2 Å². The molecule has 0 aliphatic heterocycles. The molecule has 0 amide bonds. The summed E-state index contributed by atoms with van der Waals surface area (Å²) in [6, 6.07) is 2.01. The van der Waals surface area contributed by atoms with Crippen molar-refractivity contribution in [3.8, 4) is 11.8 Å². The van der Waals surface area contributed by atoms with Crippen LogP contribution in [-0.2, 0) is 0 Å². The summed E-state index contributed by atoms with van der Waals surface area (Å²) >= 11 is 0. The SMILES string of the molecule is N#Cc1cc(C(F)F)nc(F)c1O. The molecule has 0 aliphatic rings. The first-order chi connectivity index (χ1) is 6.06. The van der Waals surface area contributed by atoms with Crippen molar-refractivity contribution in [2.45, 2.75) is 6.43 Å². The van der Waals surface area contributed by atoms with Crippen molar-refractivity contribution >= 4 is 0 Å². The zero-order chi connectivity index (χ0) is 10.0. The van der Waals surface area contributed by atoms with Crippen LogP contribution in [0.2, 0.25) is 0 Å². The normalized spacial score (nSPS) is 10.1. The first kappa shape index (κ1) is 9.32. The van der Waals surface area contributed by atoms with Crippen molar-refractivity contribution < 1.29 is 18.3 Å². The number of halogens is 3. The Kier molecular flexibility index (Phi) is 2.37. The van der Waals surface area contributed by atoms with Gasteiger partial charge in [0.15, 0.2) is 5.75 Å². The molecule has 1 aromatic heterocycles. The predicted octanol–water partition coefficient (Wildman–Crippen LogP) is 1.74. The summed E-state index contributed by atoms with van der Waals surface area (Å²) in [4.78, 5) is 2.76. The smallest absolute Gasteiger partial charge is 0.280 e. The number of aromatic hydroxyl groups is 1. The number of alkyl halides is 2. The van der Waals surface area contributed by atoms with Crippen LogP contribution in [0.3, 0.4) is 0 Å². The average Bonchev–Trinajstić information content (AvgIpc) is 2.09. The highest BCUT2D eigenvalue weighted by molar-refractivity contribution is 5.42. The Hall–Kier alpha value is -1.77. The lowest BCUT2D eigenvalue weighted by molar-refractivity contribution is 0.144. The van der Waals surface area contributed by atoms with E-state index in [2.05, 4.69) is 4.98 Å². The summed E-state index contributed by atoms with van der Waals surface area (Å²) < 4.78 is 36.5. The van der Waals surface area contributed by atoms with Gasteiger partial charge in [0.2, 0.25) is 0 Å². The minimum absolute atomic E-state index is 0.553. The Bertz CT molecular complexity index is 373. The molecule has 0 unspecified atom stereocenters. The Balaban J connectivity index is 3.32. The molecule has 0 fully saturated rings. The summed E-state index contributed by atoms with van der Waals surface area (Å²) in [5, 5.41) is 17.1. The van der Waals surface area contributed by atoms with Crippen LogP contribution in [0.15, 0.2) is 6.07 Å². The summed E-state index contributed by atoms with van der Waals surface area (Å²) in [7, 11) is 0. The third kappa shape index (κ3) is 1.69. The first-order valence-corrected chi connectivity index (χ1v) is 3.14. The Labute approximate surface area is 71.1 Å². The standard InChI is InChI=1S/C7H3F3N2O/c8-6(9)4-1-3(2-11)5(13)7(10)12-4/h1,6,13H. The molecule has 1 aromatic rings. The van der Waals surface area contributed by atoms with Crippen LogP contribution in [-0.4, -0.2) is 10.1 Å². The molecular weight excluding hydrogens is 185 g/mol. The molecule has 68 valence electrons. The third-order valence-corrected chi connectivity index (χ3v) is 1.31. The van der Waals surface area contributed by atoms with E-state index in [1.165, 1.54) is 6.07 Å². The fourth-order valence-corrected chi connectivity index (χ4v) is 0.723. The van der Waals surface area contributed by atoms with E-state index in [-0.39, 0.29) is 0 Å². The Morgan fingerprint density at radius 3 is 2.62 bits per heavy atom. The van der Waals surface area contributed by atoms with Crippen LogP contribution in [0.1, 0.15) is 17.7 Å². The van der Waals surface area contributed by atoms with E-state index in [1.807, 2.05) is 0 Å². The van der Waals surface area contributed by atoms with E-state index in [0.29, 0.717) is 6.07 Å². The number of rotatable bonds is 1. The highest BCUT2D eigenvalue weighted by Crippen LogP contribution is 2.24. The Morgan fingerprint density at radius 1 is 1.54 bits per heavy atom. The van der Waals surface area contributed by atoms with Gasteiger partial charge in [-0.05, 0) is 6.07 Å². The number of hydrogen-bond donors (Lipinski definition) is 1. The number of pyridine rings is 1. The van der Waals surface area contributed by atoms with Gasteiger partial charge < -0.3 is 5.11 Å². The van der Waals surface area contributed by atoms with Gasteiger partial charge in [-0.25, -0.2) is 13.8 Å². The van der Waals surface area contributed by atoms with Gasteiger partial charge in [-0.15, -0.1) is 0 Å². The lowest BCUT2D eigenvalue weighted by Gasteiger charge is -2.01. The molecule has 0 aliphatic carbocycles. The zero-order valence-electron chi connectivity index (χ0n) is 6.13. The van der Waals surface area contributed by atoms with Crippen molar-refractivity contribution in [2.24, 2.45) is 0 Å². The second-order valence-electron chi connectivity index (χ2n) is 2.15. The maximum absolute atomic E-state index is 12.5. The molecule has 0 atom stereocenters. The molecule has 3 nitrogen and oxygen atoms in total. The second kappa shape index (κ2) is 3.31. The maximum Gasteiger partial charge on any atom is 0.280 e. The van der Waals surface area contributed by atoms with E-state index in [4.69, 9.17) is 10.4 Å². The highest BCUT2D eigenvalue weighted by Gasteiger charge is 2.16. The molecule has 13 heavy (non-hydrogen) atoms. The van der Waals surface area contributed by atoms with Gasteiger partial charge in [-0.1, -0.05) is 0 Å². The van der Waals surface area contributed by atoms with Crippen LogP contribution in [0.5, 0.6) is 5.75 Å². The fraction of sp³-hybridized carbons (Fsp3) is 0.143. The van der Waals surface area contributed by atoms with Gasteiger partial charge in [0.25, 0.3) is 12.4 Å². The van der Waals surface area contributed by atoms with E-state index < -0.39 is 29.4 Å². The average molecular weight is 188 g/mol. The minimum atomic E-state index is -2.97. The summed E-state index contributed by atoms with van der Waals surface area (Å²) in [6.45, 7) is 0. The topological polar surface area (TPSA) is 56.9 Å². The molecule has 0 bridgehead atoms. The fourth-order valence-electron chi connectivity index (χ4n) is 0.723. The quantitative estimate of drug-likeness (QED) is 0.683. The summed E-state index contributed by atoms with van der Waals surface area (Å²) in [6.07, 6.45) is -2.97. The second-order valence-corrected chi connectivity index (χ2v) is 2.15. The molecule has 1 rings (SSSR count). The summed E-state index contributed by atoms with van der Waals surface area (Å²) in [5.74, 6) is -2.47. The number of hydrogen-bond acceptors (Lipinski definition) is 3. The first-order valence-electron chi connectivity index (χ1n) is 3.14.